The number of rotatable bonds is 5. The van der Waals surface area contributed by atoms with Crippen molar-refractivity contribution in [3.05, 3.63) is 101 Å². The summed E-state index contributed by atoms with van der Waals surface area (Å²) in [6, 6.07) is 16.9. The van der Waals surface area contributed by atoms with Crippen molar-refractivity contribution in [2.45, 2.75) is 25.3 Å². The molecule has 0 saturated heterocycles. The van der Waals surface area contributed by atoms with Crippen LogP contribution in [0.4, 0.5) is 13.2 Å². The zero-order chi connectivity index (χ0) is 22.9. The summed E-state index contributed by atoms with van der Waals surface area (Å²) in [7, 11) is 0. The molecule has 0 aromatic heterocycles. The molecule has 164 valence electrons. The summed E-state index contributed by atoms with van der Waals surface area (Å²) in [4.78, 5) is 27.5. The molecule has 0 aliphatic carbocycles. The fourth-order valence-electron chi connectivity index (χ4n) is 3.71. The molecular formula is C24H19F3N2O3. The van der Waals surface area contributed by atoms with Gasteiger partial charge in [0.25, 0.3) is 5.91 Å². The first-order valence-electron chi connectivity index (χ1n) is 9.85. The fourth-order valence-corrected chi connectivity index (χ4v) is 3.71. The van der Waals surface area contributed by atoms with Crippen LogP contribution < -0.4 is 5.32 Å². The monoisotopic (exact) mass is 440 g/mol. The van der Waals surface area contributed by atoms with Crippen LogP contribution in [0.15, 0.2) is 72.8 Å². The Hall–Kier alpha value is -3.81. The Morgan fingerprint density at radius 1 is 0.938 bits per heavy atom. The van der Waals surface area contributed by atoms with E-state index in [4.69, 9.17) is 0 Å². The van der Waals surface area contributed by atoms with Crippen LogP contribution in [-0.2, 0) is 24.1 Å². The number of benzene rings is 3. The number of phenolic OH excluding ortho intramolecular Hbond substituents is 1. The van der Waals surface area contributed by atoms with Gasteiger partial charge < -0.3 is 15.3 Å². The van der Waals surface area contributed by atoms with Gasteiger partial charge in [0.1, 0.15) is 11.8 Å². The van der Waals surface area contributed by atoms with Gasteiger partial charge in [-0.05, 0) is 47.0 Å². The van der Waals surface area contributed by atoms with Gasteiger partial charge in [0.15, 0.2) is 0 Å². The van der Waals surface area contributed by atoms with Gasteiger partial charge in [-0.15, -0.1) is 0 Å². The van der Waals surface area contributed by atoms with Crippen LogP contribution in [0.3, 0.4) is 0 Å². The van der Waals surface area contributed by atoms with Gasteiger partial charge in [-0.25, -0.2) is 0 Å². The lowest BCUT2D eigenvalue weighted by Crippen LogP contribution is -2.38. The van der Waals surface area contributed by atoms with Crippen LogP contribution in [0.2, 0.25) is 0 Å². The molecule has 0 fully saturated rings. The van der Waals surface area contributed by atoms with Gasteiger partial charge in [0.05, 0.1) is 5.56 Å². The van der Waals surface area contributed by atoms with Crippen LogP contribution in [-0.4, -0.2) is 21.8 Å². The first-order chi connectivity index (χ1) is 15.2. The van der Waals surface area contributed by atoms with E-state index < -0.39 is 23.7 Å². The molecule has 8 heteroatoms. The van der Waals surface area contributed by atoms with E-state index in [1.165, 1.54) is 29.2 Å². The zero-order valence-corrected chi connectivity index (χ0v) is 16.8. The number of carbonyl (C=O) groups excluding carboxylic acids is 2. The Balaban J connectivity index is 1.53. The van der Waals surface area contributed by atoms with E-state index in [-0.39, 0.29) is 24.7 Å². The number of fused-ring (bicyclic) bond motifs is 1. The summed E-state index contributed by atoms with van der Waals surface area (Å²) < 4.78 is 38.2. The molecule has 1 aliphatic rings. The van der Waals surface area contributed by atoms with Gasteiger partial charge >= 0.3 is 6.18 Å². The minimum atomic E-state index is -4.43. The summed E-state index contributed by atoms with van der Waals surface area (Å²) in [6.45, 7) is 0.184. The zero-order valence-electron chi connectivity index (χ0n) is 16.8. The smallest absolute Gasteiger partial charge is 0.416 e. The van der Waals surface area contributed by atoms with Crippen molar-refractivity contribution >= 4 is 11.8 Å². The van der Waals surface area contributed by atoms with E-state index in [0.29, 0.717) is 16.7 Å². The van der Waals surface area contributed by atoms with Gasteiger partial charge in [-0.2, -0.15) is 13.2 Å². The second-order valence-electron chi connectivity index (χ2n) is 7.50. The fraction of sp³-hybridized carbons (Fsp3) is 0.167. The first-order valence-corrected chi connectivity index (χ1v) is 9.85. The molecule has 2 amide bonds. The van der Waals surface area contributed by atoms with Crippen molar-refractivity contribution in [1.82, 2.24) is 10.2 Å². The largest absolute Gasteiger partial charge is 0.508 e. The Kier molecular flexibility index (Phi) is 5.61. The molecule has 2 N–H and O–H groups in total. The molecule has 0 saturated carbocycles. The Bertz CT molecular complexity index is 1140. The quantitative estimate of drug-likeness (QED) is 0.617. The molecule has 1 unspecified atom stereocenters. The van der Waals surface area contributed by atoms with E-state index in [9.17, 15) is 27.9 Å². The second kappa shape index (κ2) is 8.37. The number of amides is 2. The number of carbonyl (C=O) groups is 2. The van der Waals surface area contributed by atoms with Crippen LogP contribution in [0.25, 0.3) is 0 Å². The van der Waals surface area contributed by atoms with Crippen LogP contribution >= 0.6 is 0 Å². The maximum absolute atomic E-state index is 13.1. The third kappa shape index (κ3) is 4.30. The van der Waals surface area contributed by atoms with Gasteiger partial charge in [0, 0.05) is 18.7 Å². The molecule has 0 radical (unpaired) electrons. The standard InChI is InChI=1S/C24H19F3N2O3/c25-24(26,27)17-9-5-15(6-10-17)13-28-22(31)21-19-3-1-2-4-20(19)23(32)29(21)14-16-7-11-18(30)12-8-16/h1-12,21,30H,13-14H2,(H,28,31). The summed E-state index contributed by atoms with van der Waals surface area (Å²) in [5.74, 6) is -0.624. The van der Waals surface area contributed by atoms with E-state index >= 15 is 0 Å². The third-order valence-electron chi connectivity index (χ3n) is 5.34. The second-order valence-corrected chi connectivity index (χ2v) is 7.50. The third-order valence-corrected chi connectivity index (χ3v) is 5.34. The molecule has 0 bridgehead atoms. The summed E-state index contributed by atoms with van der Waals surface area (Å²) in [6.07, 6.45) is -4.43. The van der Waals surface area contributed by atoms with Gasteiger partial charge in [-0.3, -0.25) is 9.59 Å². The molecule has 1 heterocycles. The maximum Gasteiger partial charge on any atom is 0.416 e. The van der Waals surface area contributed by atoms with E-state index in [2.05, 4.69) is 5.32 Å². The average molecular weight is 440 g/mol. The molecular weight excluding hydrogens is 421 g/mol. The molecule has 5 nitrogen and oxygen atoms in total. The highest BCUT2D eigenvalue weighted by Gasteiger charge is 2.40. The van der Waals surface area contributed by atoms with Crippen molar-refractivity contribution < 1.29 is 27.9 Å². The highest BCUT2D eigenvalue weighted by molar-refractivity contribution is 6.04. The summed E-state index contributed by atoms with van der Waals surface area (Å²) in [5, 5.41) is 12.2. The predicted octanol–water partition coefficient (Wildman–Crippen LogP) is 4.42. The number of nitrogens with zero attached hydrogens (tertiary/aromatic N) is 1. The number of nitrogens with one attached hydrogen (secondary N) is 1. The lowest BCUT2D eigenvalue weighted by molar-refractivity contribution is -0.137. The van der Waals surface area contributed by atoms with Crippen LogP contribution in [0.5, 0.6) is 5.75 Å². The van der Waals surface area contributed by atoms with E-state index in [1.807, 2.05) is 0 Å². The van der Waals surface area contributed by atoms with E-state index in [0.717, 1.165) is 17.7 Å². The summed E-state index contributed by atoms with van der Waals surface area (Å²) in [5.41, 5.74) is 1.49. The Labute approximate surface area is 182 Å². The molecule has 1 atom stereocenters. The highest BCUT2D eigenvalue weighted by atomic mass is 19.4. The highest BCUT2D eigenvalue weighted by Crippen LogP contribution is 2.35. The topological polar surface area (TPSA) is 69.6 Å². The van der Waals surface area contributed by atoms with Gasteiger partial charge in [-0.1, -0.05) is 42.5 Å². The Morgan fingerprint density at radius 3 is 2.22 bits per heavy atom. The van der Waals surface area contributed by atoms with E-state index in [1.54, 1.807) is 36.4 Å². The number of hydrogen-bond donors (Lipinski definition) is 2. The van der Waals surface area contributed by atoms with Crippen molar-refractivity contribution in [2.75, 3.05) is 0 Å². The van der Waals surface area contributed by atoms with Crippen molar-refractivity contribution in [3.63, 3.8) is 0 Å². The SMILES string of the molecule is O=C(NCc1ccc(C(F)(F)F)cc1)C1c2ccccc2C(=O)N1Cc1ccc(O)cc1. The first kappa shape index (κ1) is 21.4. The molecule has 32 heavy (non-hydrogen) atoms. The maximum atomic E-state index is 13.1. The number of hydrogen-bond acceptors (Lipinski definition) is 3. The lowest BCUT2D eigenvalue weighted by atomic mass is 10.0. The minimum Gasteiger partial charge on any atom is -0.508 e. The average Bonchev–Trinajstić information content (AvgIpc) is 3.05. The molecule has 3 aromatic carbocycles. The predicted molar refractivity (Wildman–Crippen MR) is 110 cm³/mol. The number of aromatic hydroxyl groups is 1. The number of phenols is 1. The minimum absolute atomic E-state index is 0.0247. The van der Waals surface area contributed by atoms with Crippen LogP contribution in [0.1, 0.15) is 38.7 Å². The number of alkyl halides is 3. The van der Waals surface area contributed by atoms with Crippen molar-refractivity contribution in [1.29, 1.82) is 0 Å². The van der Waals surface area contributed by atoms with Crippen molar-refractivity contribution in [3.8, 4) is 5.75 Å². The lowest BCUT2D eigenvalue weighted by Gasteiger charge is -2.25. The normalized spacial score (nSPS) is 15.5. The van der Waals surface area contributed by atoms with Gasteiger partial charge in [0.2, 0.25) is 5.91 Å². The molecule has 1 aliphatic heterocycles. The van der Waals surface area contributed by atoms with Crippen molar-refractivity contribution in [2.24, 2.45) is 0 Å². The summed E-state index contributed by atoms with van der Waals surface area (Å²) >= 11 is 0. The molecule has 4 rings (SSSR count). The number of halogens is 3. The van der Waals surface area contributed by atoms with Crippen LogP contribution in [0, 0.1) is 0 Å². The Morgan fingerprint density at radius 2 is 1.56 bits per heavy atom. The molecule has 3 aromatic rings. The molecule has 0 spiro atoms.